The minimum absolute atomic E-state index is 0.0941. The summed E-state index contributed by atoms with van der Waals surface area (Å²) >= 11 is 0. The standard InChI is InChI=1S/C21H22FN3O2/c1-16-4-6-17(7-5-16)15-25-20(12-13-23-25)24-21(26)3-2-14-27-19-10-8-18(22)9-11-19/h4-13H,2-3,14-15H2,1H3,(H,24,26). The summed E-state index contributed by atoms with van der Waals surface area (Å²) in [6.45, 7) is 3.03. The highest BCUT2D eigenvalue weighted by atomic mass is 19.1. The largest absolute Gasteiger partial charge is 0.494 e. The molecule has 0 saturated carbocycles. The highest BCUT2D eigenvalue weighted by molar-refractivity contribution is 5.89. The van der Waals surface area contributed by atoms with Gasteiger partial charge in [-0.1, -0.05) is 29.8 Å². The van der Waals surface area contributed by atoms with Crippen LogP contribution < -0.4 is 10.1 Å². The van der Waals surface area contributed by atoms with Gasteiger partial charge in [-0.3, -0.25) is 4.79 Å². The van der Waals surface area contributed by atoms with Crippen LogP contribution >= 0.6 is 0 Å². The lowest BCUT2D eigenvalue weighted by molar-refractivity contribution is -0.116. The fourth-order valence-electron chi connectivity index (χ4n) is 2.59. The van der Waals surface area contributed by atoms with Crippen LogP contribution in [-0.2, 0) is 11.3 Å². The van der Waals surface area contributed by atoms with Gasteiger partial charge in [-0.05, 0) is 43.2 Å². The predicted octanol–water partition coefficient (Wildman–Crippen LogP) is 4.18. The van der Waals surface area contributed by atoms with Crippen molar-refractivity contribution in [2.24, 2.45) is 0 Å². The molecule has 5 nitrogen and oxygen atoms in total. The molecule has 3 aromatic rings. The second-order valence-corrected chi connectivity index (χ2v) is 6.31. The molecule has 1 heterocycles. The van der Waals surface area contributed by atoms with E-state index < -0.39 is 0 Å². The Hall–Kier alpha value is -3.15. The van der Waals surface area contributed by atoms with Gasteiger partial charge in [0.2, 0.25) is 5.91 Å². The first-order chi connectivity index (χ1) is 13.1. The summed E-state index contributed by atoms with van der Waals surface area (Å²) in [4.78, 5) is 12.2. The molecule has 140 valence electrons. The molecule has 2 aromatic carbocycles. The third-order valence-corrected chi connectivity index (χ3v) is 4.07. The van der Waals surface area contributed by atoms with E-state index in [0.717, 1.165) is 5.56 Å². The zero-order valence-electron chi connectivity index (χ0n) is 15.2. The lowest BCUT2D eigenvalue weighted by Gasteiger charge is -2.10. The SMILES string of the molecule is Cc1ccc(Cn2nccc2NC(=O)CCCOc2ccc(F)cc2)cc1. The number of halogens is 1. The molecule has 0 saturated heterocycles. The highest BCUT2D eigenvalue weighted by Crippen LogP contribution is 2.13. The first-order valence-electron chi connectivity index (χ1n) is 8.86. The minimum atomic E-state index is -0.302. The number of aromatic nitrogens is 2. The Morgan fingerprint density at radius 2 is 1.85 bits per heavy atom. The van der Waals surface area contributed by atoms with E-state index >= 15 is 0 Å². The number of hydrogen-bond donors (Lipinski definition) is 1. The first-order valence-corrected chi connectivity index (χ1v) is 8.86. The van der Waals surface area contributed by atoms with Crippen LogP contribution in [-0.4, -0.2) is 22.3 Å². The van der Waals surface area contributed by atoms with Gasteiger partial charge < -0.3 is 10.1 Å². The maximum absolute atomic E-state index is 12.8. The second-order valence-electron chi connectivity index (χ2n) is 6.31. The average Bonchev–Trinajstić information content (AvgIpc) is 3.09. The van der Waals surface area contributed by atoms with E-state index in [-0.39, 0.29) is 11.7 Å². The van der Waals surface area contributed by atoms with E-state index in [2.05, 4.69) is 34.7 Å². The van der Waals surface area contributed by atoms with Crippen molar-refractivity contribution in [1.82, 2.24) is 9.78 Å². The van der Waals surface area contributed by atoms with Crippen molar-refractivity contribution in [2.45, 2.75) is 26.3 Å². The lowest BCUT2D eigenvalue weighted by Crippen LogP contribution is -2.16. The molecule has 3 rings (SSSR count). The number of hydrogen-bond acceptors (Lipinski definition) is 3. The first kappa shape index (κ1) is 18.6. The number of benzene rings is 2. The van der Waals surface area contributed by atoms with E-state index in [1.54, 1.807) is 29.1 Å². The number of ether oxygens (including phenoxy) is 1. The Bertz CT molecular complexity index is 873. The van der Waals surface area contributed by atoms with E-state index in [0.29, 0.717) is 37.6 Å². The van der Waals surface area contributed by atoms with Crippen molar-refractivity contribution in [3.63, 3.8) is 0 Å². The number of aryl methyl sites for hydroxylation is 1. The molecule has 0 aliphatic carbocycles. The summed E-state index contributed by atoms with van der Waals surface area (Å²) in [7, 11) is 0. The lowest BCUT2D eigenvalue weighted by atomic mass is 10.1. The van der Waals surface area contributed by atoms with Crippen molar-refractivity contribution in [2.75, 3.05) is 11.9 Å². The molecule has 0 aliphatic heterocycles. The number of nitrogens with one attached hydrogen (secondary N) is 1. The maximum Gasteiger partial charge on any atom is 0.225 e. The molecule has 0 spiro atoms. The smallest absolute Gasteiger partial charge is 0.225 e. The maximum atomic E-state index is 12.8. The monoisotopic (exact) mass is 367 g/mol. The molecule has 27 heavy (non-hydrogen) atoms. The molecule has 0 bridgehead atoms. The highest BCUT2D eigenvalue weighted by Gasteiger charge is 2.08. The Balaban J connectivity index is 1.45. The Morgan fingerprint density at radius 1 is 1.11 bits per heavy atom. The topological polar surface area (TPSA) is 56.2 Å². The van der Waals surface area contributed by atoms with Gasteiger partial charge in [0.1, 0.15) is 17.4 Å². The Labute approximate surface area is 157 Å². The number of carbonyl (C=O) groups excluding carboxylic acids is 1. The van der Waals surface area contributed by atoms with E-state index in [1.807, 2.05) is 6.92 Å². The van der Waals surface area contributed by atoms with E-state index in [1.165, 1.54) is 17.7 Å². The van der Waals surface area contributed by atoms with Crippen LogP contribution in [0, 0.1) is 12.7 Å². The van der Waals surface area contributed by atoms with E-state index in [4.69, 9.17) is 4.74 Å². The van der Waals surface area contributed by atoms with Crippen LogP contribution in [0.25, 0.3) is 0 Å². The summed E-state index contributed by atoms with van der Waals surface area (Å²) in [6, 6.07) is 15.8. The van der Waals surface area contributed by atoms with Gasteiger partial charge >= 0.3 is 0 Å². The van der Waals surface area contributed by atoms with Gasteiger partial charge in [-0.15, -0.1) is 0 Å². The molecular weight excluding hydrogens is 345 g/mol. The van der Waals surface area contributed by atoms with Gasteiger partial charge in [0.05, 0.1) is 19.3 Å². The van der Waals surface area contributed by atoms with Crippen molar-refractivity contribution in [3.05, 3.63) is 77.7 Å². The van der Waals surface area contributed by atoms with Crippen LogP contribution in [0.5, 0.6) is 5.75 Å². The van der Waals surface area contributed by atoms with Crippen molar-refractivity contribution in [3.8, 4) is 5.75 Å². The number of anilines is 1. The summed E-state index contributed by atoms with van der Waals surface area (Å²) < 4.78 is 20.1. The van der Waals surface area contributed by atoms with Gasteiger partial charge in [-0.2, -0.15) is 5.10 Å². The van der Waals surface area contributed by atoms with Crippen molar-refractivity contribution in [1.29, 1.82) is 0 Å². The molecule has 1 aromatic heterocycles. The summed E-state index contributed by atoms with van der Waals surface area (Å²) in [6.07, 6.45) is 2.56. The van der Waals surface area contributed by atoms with Gasteiger partial charge in [0.25, 0.3) is 0 Å². The third-order valence-electron chi connectivity index (χ3n) is 4.07. The molecule has 0 radical (unpaired) electrons. The molecule has 0 aliphatic rings. The molecule has 1 amide bonds. The van der Waals surface area contributed by atoms with Crippen molar-refractivity contribution < 1.29 is 13.9 Å². The summed E-state index contributed by atoms with van der Waals surface area (Å²) in [5.74, 6) is 0.861. The van der Waals surface area contributed by atoms with Crippen LogP contribution in [0.3, 0.4) is 0 Å². The fourth-order valence-corrected chi connectivity index (χ4v) is 2.59. The normalized spacial score (nSPS) is 10.6. The zero-order valence-corrected chi connectivity index (χ0v) is 15.2. The summed E-state index contributed by atoms with van der Waals surface area (Å²) in [5.41, 5.74) is 2.32. The second kappa shape index (κ2) is 8.98. The van der Waals surface area contributed by atoms with Gasteiger partial charge in [0.15, 0.2) is 0 Å². The van der Waals surface area contributed by atoms with Gasteiger partial charge in [-0.25, -0.2) is 9.07 Å². The fraction of sp³-hybridized carbons (Fsp3) is 0.238. The number of amides is 1. The molecule has 1 N–H and O–H groups in total. The van der Waals surface area contributed by atoms with Crippen LogP contribution in [0.1, 0.15) is 24.0 Å². The summed E-state index contributed by atoms with van der Waals surface area (Å²) in [5, 5.41) is 7.16. The molecular formula is C21H22FN3O2. The van der Waals surface area contributed by atoms with Crippen LogP contribution in [0.4, 0.5) is 10.2 Å². The number of rotatable bonds is 8. The Kier molecular flexibility index (Phi) is 6.20. The third kappa shape index (κ3) is 5.67. The average molecular weight is 367 g/mol. The van der Waals surface area contributed by atoms with Crippen LogP contribution in [0.2, 0.25) is 0 Å². The molecule has 0 atom stereocenters. The number of carbonyl (C=O) groups is 1. The van der Waals surface area contributed by atoms with Crippen LogP contribution in [0.15, 0.2) is 60.8 Å². The quantitative estimate of drug-likeness (QED) is 0.608. The minimum Gasteiger partial charge on any atom is -0.494 e. The molecule has 6 heteroatoms. The van der Waals surface area contributed by atoms with Crippen molar-refractivity contribution >= 4 is 11.7 Å². The predicted molar refractivity (Wildman–Crippen MR) is 102 cm³/mol. The molecule has 0 unspecified atom stereocenters. The zero-order chi connectivity index (χ0) is 19.1. The molecule has 0 fully saturated rings. The number of nitrogens with zero attached hydrogens (tertiary/aromatic N) is 2. The Morgan fingerprint density at radius 3 is 2.59 bits per heavy atom. The van der Waals surface area contributed by atoms with E-state index in [9.17, 15) is 9.18 Å². The van der Waals surface area contributed by atoms with Gasteiger partial charge in [0, 0.05) is 12.5 Å².